The fourth-order valence-corrected chi connectivity index (χ4v) is 1.56. The number of fused-ring (bicyclic) bond motifs is 1. The van der Waals surface area contributed by atoms with Gasteiger partial charge in [-0.2, -0.15) is 0 Å². The van der Waals surface area contributed by atoms with Crippen molar-refractivity contribution in [3.05, 3.63) is 12.2 Å². The number of allylic oxidation sites excluding steroid dienone is 1. The summed E-state index contributed by atoms with van der Waals surface area (Å²) in [5.74, 6) is 0.624. The van der Waals surface area contributed by atoms with Crippen LogP contribution in [0.3, 0.4) is 0 Å². The Morgan fingerprint density at radius 3 is 3.00 bits per heavy atom. The lowest BCUT2D eigenvalue weighted by molar-refractivity contribution is -0.169. The van der Waals surface area contributed by atoms with Gasteiger partial charge in [-0.1, -0.05) is 12.2 Å². The Labute approximate surface area is 60.8 Å². The molecule has 0 amide bonds. The van der Waals surface area contributed by atoms with Crippen LogP contribution in [0.25, 0.3) is 0 Å². The molecule has 0 aromatic heterocycles. The summed E-state index contributed by atoms with van der Waals surface area (Å²) >= 11 is 0. The van der Waals surface area contributed by atoms with Gasteiger partial charge in [-0.25, -0.2) is 0 Å². The standard InChI is InChI=1S/C8H12O2/c1-2-4-8-7(3-1)5-9-6-10-8/h1-2,7-8H,3-6H2. The van der Waals surface area contributed by atoms with Crippen LogP contribution in [0.1, 0.15) is 12.8 Å². The fourth-order valence-electron chi connectivity index (χ4n) is 1.56. The summed E-state index contributed by atoms with van der Waals surface area (Å²) in [5, 5.41) is 0. The van der Waals surface area contributed by atoms with E-state index in [4.69, 9.17) is 9.47 Å². The molecule has 0 N–H and O–H groups in total. The normalized spacial score (nSPS) is 39.2. The first-order valence-electron chi connectivity index (χ1n) is 3.81. The van der Waals surface area contributed by atoms with Gasteiger partial charge in [0.15, 0.2) is 0 Å². The van der Waals surface area contributed by atoms with Crippen LogP contribution >= 0.6 is 0 Å². The number of ether oxygens (including phenoxy) is 2. The van der Waals surface area contributed by atoms with Crippen LogP contribution < -0.4 is 0 Å². The molecule has 1 heterocycles. The Morgan fingerprint density at radius 2 is 2.10 bits per heavy atom. The number of hydrogen-bond donors (Lipinski definition) is 0. The molecule has 0 bridgehead atoms. The first kappa shape index (κ1) is 6.38. The highest BCUT2D eigenvalue weighted by molar-refractivity contribution is 4.95. The van der Waals surface area contributed by atoms with E-state index in [-0.39, 0.29) is 0 Å². The maximum absolute atomic E-state index is 5.41. The lowest BCUT2D eigenvalue weighted by Gasteiger charge is -2.32. The van der Waals surface area contributed by atoms with Crippen molar-refractivity contribution in [3.63, 3.8) is 0 Å². The number of rotatable bonds is 0. The summed E-state index contributed by atoms with van der Waals surface area (Å²) < 4.78 is 10.6. The summed E-state index contributed by atoms with van der Waals surface area (Å²) in [6, 6.07) is 0. The van der Waals surface area contributed by atoms with Crippen molar-refractivity contribution in [3.8, 4) is 0 Å². The minimum absolute atomic E-state index is 0.443. The van der Waals surface area contributed by atoms with Crippen LogP contribution in [0.15, 0.2) is 12.2 Å². The van der Waals surface area contributed by atoms with Gasteiger partial charge >= 0.3 is 0 Å². The Balaban J connectivity index is 2.01. The topological polar surface area (TPSA) is 18.5 Å². The van der Waals surface area contributed by atoms with Gasteiger partial charge in [-0.15, -0.1) is 0 Å². The van der Waals surface area contributed by atoms with Crippen LogP contribution in [-0.2, 0) is 9.47 Å². The maximum Gasteiger partial charge on any atom is 0.147 e. The quantitative estimate of drug-likeness (QED) is 0.472. The molecule has 10 heavy (non-hydrogen) atoms. The second kappa shape index (κ2) is 2.72. The molecule has 1 aliphatic heterocycles. The van der Waals surface area contributed by atoms with Crippen LogP contribution in [0.4, 0.5) is 0 Å². The molecule has 2 unspecified atom stereocenters. The third-order valence-electron chi connectivity index (χ3n) is 2.20. The average Bonchev–Trinajstić information content (AvgIpc) is 2.05. The Kier molecular flexibility index (Phi) is 1.74. The van der Waals surface area contributed by atoms with E-state index < -0.39 is 0 Å². The third kappa shape index (κ3) is 1.09. The highest BCUT2D eigenvalue weighted by atomic mass is 16.7. The fraction of sp³-hybridized carbons (Fsp3) is 0.750. The predicted octanol–water partition coefficient (Wildman–Crippen LogP) is 1.33. The van der Waals surface area contributed by atoms with Crippen LogP contribution in [0.2, 0.25) is 0 Å². The van der Waals surface area contributed by atoms with Gasteiger partial charge in [0.1, 0.15) is 6.79 Å². The molecule has 2 heteroatoms. The first-order chi connectivity index (χ1) is 4.97. The molecule has 0 saturated carbocycles. The molecule has 0 spiro atoms. The number of hydrogen-bond acceptors (Lipinski definition) is 2. The monoisotopic (exact) mass is 140 g/mol. The third-order valence-corrected chi connectivity index (χ3v) is 2.20. The van der Waals surface area contributed by atoms with Gasteiger partial charge in [0.05, 0.1) is 12.7 Å². The van der Waals surface area contributed by atoms with E-state index in [1.54, 1.807) is 0 Å². The molecule has 0 radical (unpaired) electrons. The van der Waals surface area contributed by atoms with Gasteiger partial charge in [0.25, 0.3) is 0 Å². The zero-order chi connectivity index (χ0) is 6.81. The van der Waals surface area contributed by atoms with Gasteiger partial charge in [0, 0.05) is 5.92 Å². The van der Waals surface area contributed by atoms with Crippen molar-refractivity contribution in [2.45, 2.75) is 18.9 Å². The second-order valence-electron chi connectivity index (χ2n) is 2.90. The average molecular weight is 140 g/mol. The van der Waals surface area contributed by atoms with E-state index in [0.29, 0.717) is 18.8 Å². The Bertz CT molecular complexity index is 126. The highest BCUT2D eigenvalue weighted by Gasteiger charge is 2.26. The van der Waals surface area contributed by atoms with Crippen molar-refractivity contribution < 1.29 is 9.47 Å². The predicted molar refractivity (Wildman–Crippen MR) is 37.6 cm³/mol. The molecule has 2 atom stereocenters. The summed E-state index contributed by atoms with van der Waals surface area (Å²) in [5.41, 5.74) is 0. The molecule has 2 rings (SSSR count). The zero-order valence-corrected chi connectivity index (χ0v) is 5.95. The molecular formula is C8H12O2. The molecule has 1 fully saturated rings. The molecule has 1 aliphatic carbocycles. The summed E-state index contributed by atoms with van der Waals surface area (Å²) in [6.07, 6.45) is 7.07. The lowest BCUT2D eigenvalue weighted by Crippen LogP contribution is -2.35. The largest absolute Gasteiger partial charge is 0.355 e. The molecule has 2 aliphatic rings. The van der Waals surface area contributed by atoms with Gasteiger partial charge < -0.3 is 9.47 Å². The SMILES string of the molecule is C1=CCC2OCOCC2C1. The minimum atomic E-state index is 0.443. The van der Waals surface area contributed by atoms with Crippen LogP contribution in [-0.4, -0.2) is 19.5 Å². The molecule has 56 valence electrons. The second-order valence-corrected chi connectivity index (χ2v) is 2.90. The van der Waals surface area contributed by atoms with Gasteiger partial charge in [-0.3, -0.25) is 0 Å². The molecular weight excluding hydrogens is 128 g/mol. The Hall–Kier alpha value is -0.340. The van der Waals surface area contributed by atoms with Crippen LogP contribution in [0.5, 0.6) is 0 Å². The summed E-state index contributed by atoms with van der Waals surface area (Å²) in [4.78, 5) is 0. The van der Waals surface area contributed by atoms with Gasteiger partial charge in [-0.05, 0) is 12.8 Å². The van der Waals surface area contributed by atoms with Crippen molar-refractivity contribution in [1.82, 2.24) is 0 Å². The Morgan fingerprint density at radius 1 is 1.20 bits per heavy atom. The maximum atomic E-state index is 5.41. The summed E-state index contributed by atoms with van der Waals surface area (Å²) in [7, 11) is 0. The summed E-state index contributed by atoms with van der Waals surface area (Å²) in [6.45, 7) is 1.38. The molecule has 0 aromatic rings. The van der Waals surface area contributed by atoms with Crippen molar-refractivity contribution in [2.24, 2.45) is 5.92 Å². The molecule has 0 aromatic carbocycles. The van der Waals surface area contributed by atoms with E-state index in [2.05, 4.69) is 12.2 Å². The van der Waals surface area contributed by atoms with Crippen molar-refractivity contribution in [1.29, 1.82) is 0 Å². The van der Waals surface area contributed by atoms with E-state index in [1.165, 1.54) is 0 Å². The smallest absolute Gasteiger partial charge is 0.147 e. The molecule has 2 nitrogen and oxygen atoms in total. The lowest BCUT2D eigenvalue weighted by atomic mass is 9.91. The van der Waals surface area contributed by atoms with E-state index in [1.807, 2.05) is 0 Å². The molecule has 1 saturated heterocycles. The van der Waals surface area contributed by atoms with E-state index in [0.717, 1.165) is 19.4 Å². The first-order valence-corrected chi connectivity index (χ1v) is 3.81. The van der Waals surface area contributed by atoms with Crippen molar-refractivity contribution in [2.75, 3.05) is 13.4 Å². The highest BCUT2D eigenvalue weighted by Crippen LogP contribution is 2.24. The van der Waals surface area contributed by atoms with E-state index >= 15 is 0 Å². The minimum Gasteiger partial charge on any atom is -0.355 e. The van der Waals surface area contributed by atoms with Crippen molar-refractivity contribution >= 4 is 0 Å². The van der Waals surface area contributed by atoms with E-state index in [9.17, 15) is 0 Å². The zero-order valence-electron chi connectivity index (χ0n) is 5.95. The van der Waals surface area contributed by atoms with Crippen LogP contribution in [0, 0.1) is 5.92 Å². The van der Waals surface area contributed by atoms with Gasteiger partial charge in [0.2, 0.25) is 0 Å².